The fourth-order valence-corrected chi connectivity index (χ4v) is 3.23. The Hall–Kier alpha value is -2.17. The quantitative estimate of drug-likeness (QED) is 0.712. The number of aromatic nitrogens is 1. The second-order valence-electron chi connectivity index (χ2n) is 5.38. The normalized spacial score (nSPS) is 11.0. The summed E-state index contributed by atoms with van der Waals surface area (Å²) in [5, 5.41) is 15.6. The smallest absolute Gasteiger partial charge is 0.268 e. The molecule has 0 radical (unpaired) electrons. The van der Waals surface area contributed by atoms with E-state index in [-0.39, 0.29) is 18.3 Å². The van der Waals surface area contributed by atoms with Gasteiger partial charge in [-0.1, -0.05) is 47.5 Å². The van der Waals surface area contributed by atoms with E-state index in [1.54, 1.807) is 28.8 Å². The van der Waals surface area contributed by atoms with Gasteiger partial charge < -0.3 is 15.0 Å². The molecule has 0 saturated heterocycles. The maximum Gasteiger partial charge on any atom is 0.268 e. The third kappa shape index (κ3) is 2.95. The summed E-state index contributed by atoms with van der Waals surface area (Å²) >= 11 is 12.0. The van der Waals surface area contributed by atoms with Gasteiger partial charge in [-0.3, -0.25) is 4.79 Å². The fraction of sp³-hybridized carbons (Fsp3) is 0.167. The summed E-state index contributed by atoms with van der Waals surface area (Å²) in [5.41, 5.74) is 1.22. The van der Waals surface area contributed by atoms with Crippen LogP contribution in [-0.2, 0) is 13.1 Å². The highest BCUT2D eigenvalue weighted by Gasteiger charge is 2.20. The minimum atomic E-state index is -0.264. The molecule has 2 aromatic carbocycles. The van der Waals surface area contributed by atoms with Gasteiger partial charge in [0.2, 0.25) is 0 Å². The molecule has 3 rings (SSSR count). The van der Waals surface area contributed by atoms with Crippen molar-refractivity contribution in [2.75, 3.05) is 0 Å². The first-order chi connectivity index (χ1) is 11.5. The minimum absolute atomic E-state index is 0.0998. The van der Waals surface area contributed by atoms with Gasteiger partial charge in [0.1, 0.15) is 5.69 Å². The molecule has 2 N–H and O–H groups in total. The van der Waals surface area contributed by atoms with E-state index in [0.29, 0.717) is 27.7 Å². The molecule has 24 heavy (non-hydrogen) atoms. The molecule has 0 saturated carbocycles. The van der Waals surface area contributed by atoms with Gasteiger partial charge in [-0.15, -0.1) is 0 Å². The summed E-state index contributed by atoms with van der Waals surface area (Å²) in [4.78, 5) is 12.7. The average Bonchev–Trinajstić information content (AvgIpc) is 2.86. The van der Waals surface area contributed by atoms with Crippen LogP contribution in [0.5, 0.6) is 5.88 Å². The van der Waals surface area contributed by atoms with Crippen molar-refractivity contribution in [1.82, 2.24) is 9.88 Å². The highest BCUT2D eigenvalue weighted by molar-refractivity contribution is 6.35. The molecule has 0 aliphatic heterocycles. The Bertz CT molecular complexity index is 919. The molecule has 1 heterocycles. The number of halogens is 2. The zero-order chi connectivity index (χ0) is 17.3. The van der Waals surface area contributed by atoms with E-state index in [1.165, 1.54) is 0 Å². The van der Waals surface area contributed by atoms with Crippen LogP contribution in [0.1, 0.15) is 23.0 Å². The van der Waals surface area contributed by atoms with E-state index in [4.69, 9.17) is 23.2 Å². The van der Waals surface area contributed by atoms with Gasteiger partial charge >= 0.3 is 0 Å². The van der Waals surface area contributed by atoms with Crippen molar-refractivity contribution in [1.29, 1.82) is 0 Å². The van der Waals surface area contributed by atoms with Gasteiger partial charge in [-0.25, -0.2) is 0 Å². The summed E-state index contributed by atoms with van der Waals surface area (Å²) < 4.78 is 1.60. The summed E-state index contributed by atoms with van der Waals surface area (Å²) in [6, 6.07) is 12.4. The van der Waals surface area contributed by atoms with Crippen molar-refractivity contribution in [2.24, 2.45) is 0 Å². The standard InChI is InChI=1S/C18H16Cl2N2O2/c1-2-22-16(13-5-3-4-6-14(13)18(22)24)17(23)21-10-11-7-8-12(19)9-15(11)20/h3-9,24H,2,10H2,1H3,(H,21,23). The predicted molar refractivity (Wildman–Crippen MR) is 96.9 cm³/mol. The van der Waals surface area contributed by atoms with Crippen LogP contribution in [0.15, 0.2) is 42.5 Å². The molecular formula is C18H16Cl2N2O2. The SMILES string of the molecule is CCn1c(O)c2ccccc2c1C(=O)NCc1ccc(Cl)cc1Cl. The monoisotopic (exact) mass is 362 g/mol. The van der Waals surface area contributed by atoms with Crippen molar-refractivity contribution in [3.8, 4) is 5.88 Å². The van der Waals surface area contributed by atoms with Crippen LogP contribution in [-0.4, -0.2) is 15.6 Å². The lowest BCUT2D eigenvalue weighted by Gasteiger charge is -2.10. The topological polar surface area (TPSA) is 54.3 Å². The second-order valence-corrected chi connectivity index (χ2v) is 6.22. The molecule has 0 bridgehead atoms. The highest BCUT2D eigenvalue weighted by Crippen LogP contribution is 2.31. The van der Waals surface area contributed by atoms with Crippen molar-refractivity contribution in [2.45, 2.75) is 20.0 Å². The summed E-state index contributed by atoms with van der Waals surface area (Å²) in [6.07, 6.45) is 0. The molecular weight excluding hydrogens is 347 g/mol. The highest BCUT2D eigenvalue weighted by atomic mass is 35.5. The van der Waals surface area contributed by atoms with Crippen LogP contribution in [0, 0.1) is 0 Å². The van der Waals surface area contributed by atoms with E-state index < -0.39 is 0 Å². The summed E-state index contributed by atoms with van der Waals surface area (Å²) in [5.74, 6) is -0.165. The molecule has 0 fully saturated rings. The van der Waals surface area contributed by atoms with Gasteiger partial charge in [0.25, 0.3) is 5.91 Å². The molecule has 1 aromatic heterocycles. The minimum Gasteiger partial charge on any atom is -0.494 e. The van der Waals surface area contributed by atoms with Crippen molar-refractivity contribution in [3.05, 3.63) is 63.8 Å². The van der Waals surface area contributed by atoms with Crippen LogP contribution < -0.4 is 5.32 Å². The van der Waals surface area contributed by atoms with Crippen molar-refractivity contribution in [3.63, 3.8) is 0 Å². The van der Waals surface area contributed by atoms with Crippen molar-refractivity contribution < 1.29 is 9.90 Å². The first-order valence-corrected chi connectivity index (χ1v) is 8.30. The molecule has 0 aliphatic carbocycles. The second kappa shape index (κ2) is 6.75. The molecule has 0 spiro atoms. The lowest BCUT2D eigenvalue weighted by atomic mass is 10.1. The fourth-order valence-electron chi connectivity index (χ4n) is 2.76. The number of carbonyl (C=O) groups excluding carboxylic acids is 1. The van der Waals surface area contributed by atoms with E-state index in [2.05, 4.69) is 5.32 Å². The Kier molecular flexibility index (Phi) is 4.69. The van der Waals surface area contributed by atoms with Gasteiger partial charge in [-0.05, 0) is 30.7 Å². The number of hydrogen-bond donors (Lipinski definition) is 2. The maximum atomic E-state index is 12.7. The van der Waals surface area contributed by atoms with Crippen LogP contribution in [0.25, 0.3) is 10.8 Å². The number of fused-ring (bicyclic) bond motifs is 1. The van der Waals surface area contributed by atoms with E-state index in [9.17, 15) is 9.90 Å². The maximum absolute atomic E-state index is 12.7. The number of hydrogen-bond acceptors (Lipinski definition) is 2. The summed E-state index contributed by atoms with van der Waals surface area (Å²) in [6.45, 7) is 2.65. The van der Waals surface area contributed by atoms with Crippen LogP contribution in [0.4, 0.5) is 0 Å². The van der Waals surface area contributed by atoms with Crippen LogP contribution in [0.3, 0.4) is 0 Å². The number of benzene rings is 2. The van der Waals surface area contributed by atoms with E-state index in [1.807, 2.05) is 25.1 Å². The number of nitrogens with zero attached hydrogens (tertiary/aromatic N) is 1. The number of nitrogens with one attached hydrogen (secondary N) is 1. The predicted octanol–water partition coefficient (Wildman–Crippen LogP) is 4.60. The van der Waals surface area contributed by atoms with Crippen LogP contribution >= 0.6 is 23.2 Å². The van der Waals surface area contributed by atoms with Gasteiger partial charge in [-0.2, -0.15) is 0 Å². The first kappa shape index (κ1) is 16.7. The Balaban J connectivity index is 1.91. The molecule has 0 atom stereocenters. The Labute approximate surface area is 149 Å². The third-order valence-electron chi connectivity index (χ3n) is 3.93. The molecule has 124 valence electrons. The number of amides is 1. The lowest BCUT2D eigenvalue weighted by molar-refractivity contribution is 0.0942. The molecule has 6 heteroatoms. The number of rotatable bonds is 4. The molecule has 3 aromatic rings. The lowest BCUT2D eigenvalue weighted by Crippen LogP contribution is -2.25. The van der Waals surface area contributed by atoms with Crippen LogP contribution in [0.2, 0.25) is 10.0 Å². The number of aromatic hydroxyl groups is 1. The first-order valence-electron chi connectivity index (χ1n) is 7.55. The third-order valence-corrected chi connectivity index (χ3v) is 4.52. The van der Waals surface area contributed by atoms with Gasteiger partial charge in [0.05, 0.1) is 0 Å². The molecule has 0 unspecified atom stereocenters. The summed E-state index contributed by atoms with van der Waals surface area (Å²) in [7, 11) is 0. The Morgan fingerprint density at radius 3 is 2.54 bits per heavy atom. The zero-order valence-corrected chi connectivity index (χ0v) is 14.5. The molecule has 4 nitrogen and oxygen atoms in total. The Morgan fingerprint density at radius 1 is 1.17 bits per heavy atom. The number of carbonyl (C=O) groups is 1. The average molecular weight is 363 g/mol. The Morgan fingerprint density at radius 2 is 1.88 bits per heavy atom. The largest absolute Gasteiger partial charge is 0.494 e. The molecule has 1 amide bonds. The van der Waals surface area contributed by atoms with E-state index >= 15 is 0 Å². The molecule has 0 aliphatic rings. The van der Waals surface area contributed by atoms with Crippen molar-refractivity contribution >= 4 is 39.9 Å². The van der Waals surface area contributed by atoms with E-state index in [0.717, 1.165) is 10.9 Å². The van der Waals surface area contributed by atoms with Gasteiger partial charge in [0.15, 0.2) is 5.88 Å². The zero-order valence-electron chi connectivity index (χ0n) is 13.0. The van der Waals surface area contributed by atoms with Gasteiger partial charge in [0, 0.05) is 33.9 Å².